The highest BCUT2D eigenvalue weighted by atomic mass is 15.2. The van der Waals surface area contributed by atoms with E-state index in [0.717, 1.165) is 19.5 Å². The molecule has 1 unspecified atom stereocenters. The average molecular weight is 249 g/mol. The minimum absolute atomic E-state index is 0.412. The summed E-state index contributed by atoms with van der Waals surface area (Å²) < 4.78 is 0. The second-order valence-corrected chi connectivity index (χ2v) is 5.03. The Bertz CT molecular complexity index is 530. The van der Waals surface area contributed by atoms with Crippen LogP contribution in [0.25, 0.3) is 0 Å². The van der Waals surface area contributed by atoms with Gasteiger partial charge >= 0.3 is 0 Å². The van der Waals surface area contributed by atoms with Gasteiger partial charge in [-0.05, 0) is 17.5 Å². The molecule has 0 saturated heterocycles. The van der Waals surface area contributed by atoms with Gasteiger partial charge in [0.2, 0.25) is 0 Å². The maximum absolute atomic E-state index is 2.55. The predicted molar refractivity (Wildman–Crippen MR) is 79.8 cm³/mol. The van der Waals surface area contributed by atoms with Gasteiger partial charge in [0.1, 0.15) is 0 Å². The number of nitrogens with zero attached hydrogens (tertiary/aromatic N) is 1. The summed E-state index contributed by atoms with van der Waals surface area (Å²) in [5.74, 6) is 0. The lowest BCUT2D eigenvalue weighted by Crippen LogP contribution is -2.30. The molecule has 0 aromatic heterocycles. The van der Waals surface area contributed by atoms with Gasteiger partial charge in [0.15, 0.2) is 0 Å². The summed E-state index contributed by atoms with van der Waals surface area (Å²) in [6.07, 6.45) is 5.79. The van der Waals surface area contributed by atoms with Crippen molar-refractivity contribution >= 4 is 0 Å². The van der Waals surface area contributed by atoms with E-state index in [1.807, 2.05) is 0 Å². The van der Waals surface area contributed by atoms with Crippen molar-refractivity contribution in [3.05, 3.63) is 83.9 Å². The van der Waals surface area contributed by atoms with Crippen molar-refractivity contribution in [2.45, 2.75) is 19.0 Å². The van der Waals surface area contributed by atoms with Crippen molar-refractivity contribution in [2.24, 2.45) is 0 Å². The Hall–Kier alpha value is -1.86. The molecule has 0 amide bonds. The molecule has 2 aromatic carbocycles. The molecule has 0 fully saturated rings. The molecule has 0 N–H and O–H groups in total. The van der Waals surface area contributed by atoms with Crippen LogP contribution in [0, 0.1) is 0 Å². The van der Waals surface area contributed by atoms with Gasteiger partial charge < -0.3 is 0 Å². The van der Waals surface area contributed by atoms with Crippen molar-refractivity contribution in [1.82, 2.24) is 4.90 Å². The molecule has 3 rings (SSSR count). The molecule has 0 saturated carbocycles. The highest BCUT2D eigenvalue weighted by Crippen LogP contribution is 2.27. The lowest BCUT2D eigenvalue weighted by Gasteiger charge is -2.32. The highest BCUT2D eigenvalue weighted by molar-refractivity contribution is 5.25. The zero-order chi connectivity index (χ0) is 12.9. The smallest absolute Gasteiger partial charge is 0.0534 e. The Labute approximate surface area is 115 Å². The van der Waals surface area contributed by atoms with E-state index in [1.165, 1.54) is 11.1 Å². The first-order valence-corrected chi connectivity index (χ1v) is 6.93. The third-order valence-corrected chi connectivity index (χ3v) is 3.66. The monoisotopic (exact) mass is 249 g/mol. The van der Waals surface area contributed by atoms with Gasteiger partial charge in [0, 0.05) is 13.1 Å². The number of benzene rings is 2. The minimum Gasteiger partial charge on any atom is -0.288 e. The van der Waals surface area contributed by atoms with Crippen LogP contribution < -0.4 is 0 Å². The van der Waals surface area contributed by atoms with Crippen molar-refractivity contribution in [3.8, 4) is 0 Å². The van der Waals surface area contributed by atoms with Crippen LogP contribution in [0.1, 0.15) is 23.6 Å². The van der Waals surface area contributed by atoms with E-state index in [9.17, 15) is 0 Å². The van der Waals surface area contributed by atoms with Crippen molar-refractivity contribution in [3.63, 3.8) is 0 Å². The summed E-state index contributed by atoms with van der Waals surface area (Å²) >= 11 is 0. The first-order valence-electron chi connectivity index (χ1n) is 6.93. The highest BCUT2D eigenvalue weighted by Gasteiger charge is 2.19. The van der Waals surface area contributed by atoms with Crippen LogP contribution in [0.4, 0.5) is 0 Å². The summed E-state index contributed by atoms with van der Waals surface area (Å²) in [5, 5.41) is 0. The van der Waals surface area contributed by atoms with Crippen molar-refractivity contribution < 1.29 is 0 Å². The largest absolute Gasteiger partial charge is 0.288 e. The van der Waals surface area contributed by atoms with Crippen molar-refractivity contribution in [1.29, 1.82) is 0 Å². The van der Waals surface area contributed by atoms with Crippen LogP contribution in [0.15, 0.2) is 72.8 Å². The first-order chi connectivity index (χ1) is 9.43. The van der Waals surface area contributed by atoms with E-state index >= 15 is 0 Å². The van der Waals surface area contributed by atoms with E-state index in [-0.39, 0.29) is 0 Å². The molecule has 19 heavy (non-hydrogen) atoms. The summed E-state index contributed by atoms with van der Waals surface area (Å²) in [5.41, 5.74) is 2.77. The molecule has 0 bridgehead atoms. The maximum atomic E-state index is 2.55. The van der Waals surface area contributed by atoms with E-state index < -0.39 is 0 Å². The normalized spacial score (nSPS) is 19.5. The Kier molecular flexibility index (Phi) is 3.75. The van der Waals surface area contributed by atoms with E-state index in [1.54, 1.807) is 0 Å². The van der Waals surface area contributed by atoms with E-state index in [4.69, 9.17) is 0 Å². The van der Waals surface area contributed by atoms with E-state index in [0.29, 0.717) is 6.04 Å². The SMILES string of the molecule is C1=CC(c2ccccc2)N(Cc2ccccc2)CC1. The zero-order valence-electron chi connectivity index (χ0n) is 11.1. The van der Waals surface area contributed by atoms with Crippen LogP contribution >= 0.6 is 0 Å². The number of hydrogen-bond acceptors (Lipinski definition) is 1. The summed E-state index contributed by atoms with van der Waals surface area (Å²) in [4.78, 5) is 2.55. The Balaban J connectivity index is 1.81. The van der Waals surface area contributed by atoms with Gasteiger partial charge in [0.05, 0.1) is 6.04 Å². The molecule has 1 atom stereocenters. The van der Waals surface area contributed by atoms with Crippen molar-refractivity contribution in [2.75, 3.05) is 6.54 Å². The van der Waals surface area contributed by atoms with Crippen LogP contribution in [-0.2, 0) is 6.54 Å². The second-order valence-electron chi connectivity index (χ2n) is 5.03. The van der Waals surface area contributed by atoms with Gasteiger partial charge in [0.25, 0.3) is 0 Å². The Morgan fingerprint density at radius 2 is 1.58 bits per heavy atom. The Morgan fingerprint density at radius 1 is 0.895 bits per heavy atom. The summed E-state index contributed by atoms with van der Waals surface area (Å²) in [6, 6.07) is 21.9. The maximum Gasteiger partial charge on any atom is 0.0534 e. The standard InChI is InChI=1S/C18H19N/c1-3-9-16(10-4-1)15-19-14-8-7-13-18(19)17-11-5-2-6-12-17/h1-7,9-13,18H,8,14-15H2. The molecule has 1 nitrogen and oxygen atoms in total. The van der Waals surface area contributed by atoms with Gasteiger partial charge in [-0.1, -0.05) is 72.8 Å². The molecule has 1 heterocycles. The fourth-order valence-corrected chi connectivity index (χ4v) is 2.69. The Morgan fingerprint density at radius 3 is 2.32 bits per heavy atom. The van der Waals surface area contributed by atoms with Crippen LogP contribution in [0.3, 0.4) is 0 Å². The fraction of sp³-hybridized carbons (Fsp3) is 0.222. The van der Waals surface area contributed by atoms with E-state index in [2.05, 4.69) is 77.7 Å². The molecule has 2 aromatic rings. The molecule has 0 aliphatic carbocycles. The number of hydrogen-bond donors (Lipinski definition) is 0. The summed E-state index contributed by atoms with van der Waals surface area (Å²) in [7, 11) is 0. The molecule has 1 heteroatoms. The second kappa shape index (κ2) is 5.85. The fourth-order valence-electron chi connectivity index (χ4n) is 2.69. The third kappa shape index (κ3) is 2.94. The molecular weight excluding hydrogens is 230 g/mol. The van der Waals surface area contributed by atoms with Gasteiger partial charge in [-0.2, -0.15) is 0 Å². The van der Waals surface area contributed by atoms with Crippen LogP contribution in [0.2, 0.25) is 0 Å². The van der Waals surface area contributed by atoms with Gasteiger partial charge in [-0.15, -0.1) is 0 Å². The average Bonchev–Trinajstić information content (AvgIpc) is 2.50. The predicted octanol–water partition coefficient (Wildman–Crippen LogP) is 4.19. The van der Waals surface area contributed by atoms with Crippen LogP contribution in [-0.4, -0.2) is 11.4 Å². The lowest BCUT2D eigenvalue weighted by atomic mass is 10.0. The molecular formula is C18H19N. The first kappa shape index (κ1) is 12.2. The molecule has 0 spiro atoms. The minimum atomic E-state index is 0.412. The third-order valence-electron chi connectivity index (χ3n) is 3.66. The van der Waals surface area contributed by atoms with Crippen LogP contribution in [0.5, 0.6) is 0 Å². The lowest BCUT2D eigenvalue weighted by molar-refractivity contribution is 0.216. The van der Waals surface area contributed by atoms with Gasteiger partial charge in [-0.25, -0.2) is 0 Å². The molecule has 96 valence electrons. The zero-order valence-corrected chi connectivity index (χ0v) is 11.1. The molecule has 1 aliphatic rings. The molecule has 1 aliphatic heterocycles. The number of rotatable bonds is 3. The topological polar surface area (TPSA) is 3.24 Å². The summed E-state index contributed by atoms with van der Waals surface area (Å²) in [6.45, 7) is 2.15. The quantitative estimate of drug-likeness (QED) is 0.737. The molecule has 0 radical (unpaired) electrons. The van der Waals surface area contributed by atoms with Gasteiger partial charge in [-0.3, -0.25) is 4.90 Å².